The first-order chi connectivity index (χ1) is 8.54. The number of hydrogen-bond donors (Lipinski definition) is 2. The Balaban J connectivity index is 2.75. The largest absolute Gasteiger partial charge is 0.494 e. The normalized spacial score (nSPS) is 10.6. The highest BCUT2D eigenvalue weighted by molar-refractivity contribution is 6.30. The van der Waals surface area contributed by atoms with Gasteiger partial charge in [-0.15, -0.1) is 0 Å². The van der Waals surface area contributed by atoms with E-state index in [2.05, 4.69) is 4.98 Å². The van der Waals surface area contributed by atoms with Crippen molar-refractivity contribution in [1.82, 2.24) is 9.55 Å². The van der Waals surface area contributed by atoms with Crippen molar-refractivity contribution >= 4 is 11.6 Å². The molecule has 0 bridgehead atoms. The van der Waals surface area contributed by atoms with Crippen molar-refractivity contribution in [2.24, 2.45) is 0 Å². The van der Waals surface area contributed by atoms with Crippen LogP contribution in [0.25, 0.3) is 11.1 Å². The van der Waals surface area contributed by atoms with Crippen LogP contribution in [0.4, 0.5) is 0 Å². The molecule has 2 aromatic rings. The van der Waals surface area contributed by atoms with Gasteiger partial charge in [0.15, 0.2) is 0 Å². The van der Waals surface area contributed by atoms with Crippen LogP contribution in [0.5, 0.6) is 5.88 Å². The highest BCUT2D eigenvalue weighted by Crippen LogP contribution is 2.25. The maximum absolute atomic E-state index is 11.8. The lowest BCUT2D eigenvalue weighted by molar-refractivity contribution is 0.408. The molecule has 0 spiro atoms. The average molecular weight is 267 g/mol. The summed E-state index contributed by atoms with van der Waals surface area (Å²) in [5, 5.41) is 10.5. The van der Waals surface area contributed by atoms with Crippen LogP contribution in [0.3, 0.4) is 0 Å². The summed E-state index contributed by atoms with van der Waals surface area (Å²) in [5.41, 5.74) is -0.685. The maximum Gasteiger partial charge on any atom is 0.331 e. The van der Waals surface area contributed by atoms with Gasteiger partial charge < -0.3 is 5.11 Å². The molecule has 2 N–H and O–H groups in total. The van der Waals surface area contributed by atoms with E-state index in [0.717, 1.165) is 4.57 Å². The van der Waals surface area contributed by atoms with Crippen LogP contribution in [0.2, 0.25) is 5.02 Å². The Labute approximate surface area is 107 Å². The molecule has 18 heavy (non-hydrogen) atoms. The van der Waals surface area contributed by atoms with Crippen molar-refractivity contribution in [3.05, 3.63) is 50.1 Å². The highest BCUT2D eigenvalue weighted by atomic mass is 35.5. The van der Waals surface area contributed by atoms with Crippen LogP contribution < -0.4 is 11.2 Å². The number of rotatable bonds is 2. The SMILES string of the molecule is CCn1c(O)c(-c2ccc(Cl)cc2)c(=O)[nH]c1=O. The molecule has 0 aliphatic heterocycles. The van der Waals surface area contributed by atoms with Crippen LogP contribution in [0, 0.1) is 0 Å². The first-order valence-corrected chi connectivity index (χ1v) is 5.74. The molecule has 2 rings (SSSR count). The van der Waals surface area contributed by atoms with Gasteiger partial charge in [-0.2, -0.15) is 0 Å². The minimum absolute atomic E-state index is 0.0631. The third-order valence-corrected chi connectivity index (χ3v) is 2.87. The molecule has 6 heteroatoms. The van der Waals surface area contributed by atoms with Crippen molar-refractivity contribution < 1.29 is 5.11 Å². The predicted molar refractivity (Wildman–Crippen MR) is 69.1 cm³/mol. The number of aromatic amines is 1. The third kappa shape index (κ3) is 2.04. The molecule has 0 fully saturated rings. The standard InChI is InChI=1S/C12H11ClN2O3/c1-2-15-11(17)9(10(16)14-12(15)18)7-3-5-8(13)6-4-7/h3-6,17H,2H2,1H3,(H,14,16,18). The number of halogens is 1. The molecular weight excluding hydrogens is 256 g/mol. The summed E-state index contributed by atoms with van der Waals surface area (Å²) >= 11 is 5.76. The summed E-state index contributed by atoms with van der Waals surface area (Å²) in [6, 6.07) is 6.43. The van der Waals surface area contributed by atoms with Crippen LogP contribution in [0.15, 0.2) is 33.9 Å². The first-order valence-electron chi connectivity index (χ1n) is 5.36. The second-order valence-corrected chi connectivity index (χ2v) is 4.15. The number of H-pyrrole nitrogens is 1. The number of hydrogen-bond acceptors (Lipinski definition) is 3. The Hall–Kier alpha value is -2.01. The van der Waals surface area contributed by atoms with E-state index in [4.69, 9.17) is 11.6 Å². The molecular formula is C12H11ClN2O3. The van der Waals surface area contributed by atoms with E-state index in [9.17, 15) is 14.7 Å². The summed E-state index contributed by atoms with van der Waals surface area (Å²) in [6.07, 6.45) is 0. The Morgan fingerprint density at radius 2 is 1.89 bits per heavy atom. The number of nitrogens with zero attached hydrogens (tertiary/aromatic N) is 1. The molecule has 0 atom stereocenters. The molecule has 0 amide bonds. The minimum atomic E-state index is -0.627. The topological polar surface area (TPSA) is 75.1 Å². The number of aromatic hydroxyl groups is 1. The van der Waals surface area contributed by atoms with Gasteiger partial charge in [-0.05, 0) is 24.6 Å². The van der Waals surface area contributed by atoms with Gasteiger partial charge >= 0.3 is 5.69 Å². The van der Waals surface area contributed by atoms with Gasteiger partial charge in [0.05, 0.1) is 0 Å². The molecule has 0 radical (unpaired) electrons. The van der Waals surface area contributed by atoms with Crippen LogP contribution in [-0.4, -0.2) is 14.7 Å². The van der Waals surface area contributed by atoms with Crippen LogP contribution in [-0.2, 0) is 6.54 Å². The number of benzene rings is 1. The fourth-order valence-corrected chi connectivity index (χ4v) is 1.86. The second kappa shape index (κ2) is 4.70. The summed E-state index contributed by atoms with van der Waals surface area (Å²) < 4.78 is 1.09. The van der Waals surface area contributed by atoms with Gasteiger partial charge in [-0.1, -0.05) is 23.7 Å². The molecule has 0 saturated carbocycles. The van der Waals surface area contributed by atoms with Crippen molar-refractivity contribution in [2.75, 3.05) is 0 Å². The minimum Gasteiger partial charge on any atom is -0.494 e. The molecule has 0 saturated heterocycles. The lowest BCUT2D eigenvalue weighted by atomic mass is 10.1. The van der Waals surface area contributed by atoms with Crippen molar-refractivity contribution in [3.63, 3.8) is 0 Å². The van der Waals surface area contributed by atoms with E-state index in [1.165, 1.54) is 0 Å². The van der Waals surface area contributed by atoms with Crippen molar-refractivity contribution in [1.29, 1.82) is 0 Å². The summed E-state index contributed by atoms with van der Waals surface area (Å²) in [7, 11) is 0. The van der Waals surface area contributed by atoms with E-state index in [-0.39, 0.29) is 18.0 Å². The van der Waals surface area contributed by atoms with Crippen LogP contribution in [0.1, 0.15) is 6.92 Å². The average Bonchev–Trinajstić information content (AvgIpc) is 2.31. The van der Waals surface area contributed by atoms with E-state index < -0.39 is 11.2 Å². The number of aromatic nitrogens is 2. The van der Waals surface area contributed by atoms with E-state index >= 15 is 0 Å². The highest BCUT2D eigenvalue weighted by Gasteiger charge is 2.14. The second-order valence-electron chi connectivity index (χ2n) is 3.71. The fourth-order valence-electron chi connectivity index (χ4n) is 1.73. The van der Waals surface area contributed by atoms with Crippen molar-refractivity contribution in [2.45, 2.75) is 13.5 Å². The van der Waals surface area contributed by atoms with Crippen molar-refractivity contribution in [3.8, 4) is 17.0 Å². The van der Waals surface area contributed by atoms with Gasteiger partial charge in [0, 0.05) is 11.6 Å². The maximum atomic E-state index is 11.8. The van der Waals surface area contributed by atoms with Gasteiger partial charge in [0.25, 0.3) is 5.56 Å². The number of nitrogens with one attached hydrogen (secondary N) is 1. The van der Waals surface area contributed by atoms with Crippen LogP contribution >= 0.6 is 11.6 Å². The molecule has 1 heterocycles. The third-order valence-electron chi connectivity index (χ3n) is 2.62. The summed E-state index contributed by atoms with van der Waals surface area (Å²) in [6.45, 7) is 1.97. The predicted octanol–water partition coefficient (Wildman–Crippen LogP) is 1.58. The van der Waals surface area contributed by atoms with Gasteiger partial charge in [-0.25, -0.2) is 4.79 Å². The molecule has 1 aromatic carbocycles. The zero-order valence-corrected chi connectivity index (χ0v) is 10.4. The first kappa shape index (κ1) is 12.4. The molecule has 0 aliphatic rings. The quantitative estimate of drug-likeness (QED) is 0.867. The molecule has 0 unspecified atom stereocenters. The van der Waals surface area contributed by atoms with E-state index in [1.807, 2.05) is 0 Å². The monoisotopic (exact) mass is 266 g/mol. The Morgan fingerprint density at radius 1 is 1.28 bits per heavy atom. The van der Waals surface area contributed by atoms with E-state index in [1.54, 1.807) is 31.2 Å². The van der Waals surface area contributed by atoms with Gasteiger partial charge in [-0.3, -0.25) is 14.3 Å². The molecule has 0 aliphatic carbocycles. The van der Waals surface area contributed by atoms with Gasteiger partial charge in [0.2, 0.25) is 5.88 Å². The Bertz CT molecular complexity index is 686. The summed E-state index contributed by atoms with van der Waals surface area (Å²) in [5.74, 6) is -0.339. The molecule has 5 nitrogen and oxygen atoms in total. The fraction of sp³-hybridized carbons (Fsp3) is 0.167. The Kier molecular flexibility index (Phi) is 3.25. The molecule has 1 aromatic heterocycles. The summed E-state index contributed by atoms with van der Waals surface area (Å²) in [4.78, 5) is 25.4. The Morgan fingerprint density at radius 3 is 2.44 bits per heavy atom. The lowest BCUT2D eigenvalue weighted by Gasteiger charge is -2.09. The zero-order valence-electron chi connectivity index (χ0n) is 9.61. The van der Waals surface area contributed by atoms with E-state index in [0.29, 0.717) is 10.6 Å². The lowest BCUT2D eigenvalue weighted by Crippen LogP contribution is -2.30. The zero-order chi connectivity index (χ0) is 13.3. The molecule has 94 valence electrons. The van der Waals surface area contributed by atoms with Gasteiger partial charge in [0.1, 0.15) is 5.56 Å². The smallest absolute Gasteiger partial charge is 0.331 e.